The van der Waals surface area contributed by atoms with Crippen LogP contribution in [0.2, 0.25) is 5.15 Å². The van der Waals surface area contributed by atoms with Crippen LogP contribution in [-0.2, 0) is 15.6 Å². The molecule has 0 unspecified atom stereocenters. The Labute approximate surface area is 102 Å². The fourth-order valence-electron chi connectivity index (χ4n) is 1.35. The quantitative estimate of drug-likeness (QED) is 0.789. The van der Waals surface area contributed by atoms with E-state index in [2.05, 4.69) is 9.97 Å². The van der Waals surface area contributed by atoms with Crippen molar-refractivity contribution in [2.24, 2.45) is 0 Å². The largest absolute Gasteiger partial charge is 0.229 e. The van der Waals surface area contributed by atoms with Gasteiger partial charge in [0, 0.05) is 16.5 Å². The highest BCUT2D eigenvalue weighted by atomic mass is 35.5. The van der Waals surface area contributed by atoms with Gasteiger partial charge in [-0.25, -0.2) is 18.4 Å². The van der Waals surface area contributed by atoms with Crippen LogP contribution in [0, 0.1) is 6.92 Å². The molecule has 2 rings (SSSR count). The normalized spacial score (nSPS) is 12.2. The number of rotatable bonds is 2. The average molecular weight is 277 g/mol. The molecule has 0 aromatic carbocycles. The van der Waals surface area contributed by atoms with Gasteiger partial charge >= 0.3 is 0 Å². The van der Waals surface area contributed by atoms with Crippen LogP contribution >= 0.6 is 22.9 Å². The number of thiophene rings is 1. The highest BCUT2D eigenvalue weighted by Crippen LogP contribution is 2.28. The van der Waals surface area contributed by atoms with Crippen LogP contribution in [0.1, 0.15) is 10.7 Å². The third-order valence-corrected chi connectivity index (χ3v) is 3.92. The molecule has 0 N–H and O–H groups in total. The van der Waals surface area contributed by atoms with Gasteiger partial charge in [0.2, 0.25) is 0 Å². The SMILES string of the molecule is Cc1cc2c(Cl)nc(CS(C)(=O)=O)nc2s1. The minimum Gasteiger partial charge on any atom is -0.229 e. The molecule has 0 aliphatic carbocycles. The van der Waals surface area contributed by atoms with E-state index >= 15 is 0 Å². The van der Waals surface area contributed by atoms with E-state index in [1.165, 1.54) is 11.3 Å². The highest BCUT2D eigenvalue weighted by Gasteiger charge is 2.12. The maximum Gasteiger partial charge on any atom is 0.154 e. The van der Waals surface area contributed by atoms with Gasteiger partial charge in [0.1, 0.15) is 21.6 Å². The molecular weight excluding hydrogens is 268 g/mol. The van der Waals surface area contributed by atoms with Crippen molar-refractivity contribution >= 4 is 43.0 Å². The van der Waals surface area contributed by atoms with Crippen LogP contribution in [0.15, 0.2) is 6.07 Å². The van der Waals surface area contributed by atoms with E-state index in [-0.39, 0.29) is 11.6 Å². The molecule has 0 saturated heterocycles. The van der Waals surface area contributed by atoms with Gasteiger partial charge < -0.3 is 0 Å². The van der Waals surface area contributed by atoms with Gasteiger partial charge in [-0.1, -0.05) is 11.6 Å². The van der Waals surface area contributed by atoms with Crippen molar-refractivity contribution in [1.82, 2.24) is 9.97 Å². The predicted molar refractivity (Wildman–Crippen MR) is 65.7 cm³/mol. The first-order chi connectivity index (χ1) is 7.35. The molecule has 0 atom stereocenters. The topological polar surface area (TPSA) is 59.9 Å². The summed E-state index contributed by atoms with van der Waals surface area (Å²) in [6.07, 6.45) is 1.15. The molecule has 2 aromatic heterocycles. The number of sulfone groups is 1. The number of aromatic nitrogens is 2. The van der Waals surface area contributed by atoms with E-state index in [1.54, 1.807) is 0 Å². The summed E-state index contributed by atoms with van der Waals surface area (Å²) in [5, 5.41) is 1.09. The Kier molecular flexibility index (Phi) is 2.90. The second-order valence-electron chi connectivity index (χ2n) is 3.58. The predicted octanol–water partition coefficient (Wildman–Crippen LogP) is 2.20. The van der Waals surface area contributed by atoms with E-state index in [1.807, 2.05) is 13.0 Å². The molecule has 0 saturated carbocycles. The number of halogens is 1. The zero-order chi connectivity index (χ0) is 11.9. The maximum atomic E-state index is 11.1. The third kappa shape index (κ3) is 2.50. The lowest BCUT2D eigenvalue weighted by atomic mass is 10.4. The van der Waals surface area contributed by atoms with Crippen LogP contribution in [0.25, 0.3) is 10.2 Å². The van der Waals surface area contributed by atoms with Crippen molar-refractivity contribution in [3.05, 3.63) is 21.9 Å². The number of fused-ring (bicyclic) bond motifs is 1. The Hall–Kier alpha value is -0.720. The van der Waals surface area contributed by atoms with E-state index in [0.29, 0.717) is 5.15 Å². The number of hydrogen-bond acceptors (Lipinski definition) is 5. The van der Waals surface area contributed by atoms with E-state index in [4.69, 9.17) is 11.6 Å². The fraction of sp³-hybridized carbons (Fsp3) is 0.333. The Morgan fingerprint density at radius 3 is 2.75 bits per heavy atom. The molecule has 7 heteroatoms. The van der Waals surface area contributed by atoms with Crippen molar-refractivity contribution in [3.8, 4) is 0 Å². The van der Waals surface area contributed by atoms with Crippen LogP contribution in [0.4, 0.5) is 0 Å². The van der Waals surface area contributed by atoms with Crippen LogP contribution in [0.3, 0.4) is 0 Å². The first-order valence-corrected chi connectivity index (χ1v) is 7.71. The molecule has 0 bridgehead atoms. The lowest BCUT2D eigenvalue weighted by Crippen LogP contribution is -2.05. The van der Waals surface area contributed by atoms with Gasteiger partial charge in [-0.3, -0.25) is 0 Å². The summed E-state index contributed by atoms with van der Waals surface area (Å²) in [5.74, 6) is 0.0708. The number of hydrogen-bond donors (Lipinski definition) is 0. The zero-order valence-corrected chi connectivity index (χ0v) is 11.1. The van der Waals surface area contributed by atoms with Crippen molar-refractivity contribution < 1.29 is 8.42 Å². The zero-order valence-electron chi connectivity index (χ0n) is 8.69. The lowest BCUT2D eigenvalue weighted by Gasteiger charge is -1.99. The molecular formula is C9H9ClN2O2S2. The summed E-state index contributed by atoms with van der Waals surface area (Å²) in [6.45, 7) is 1.94. The molecule has 2 aromatic rings. The standard InChI is InChI=1S/C9H9ClN2O2S2/c1-5-3-6-8(10)11-7(4-16(2,13)14)12-9(6)15-5/h3H,4H2,1-2H3. The van der Waals surface area contributed by atoms with Crippen molar-refractivity contribution in [2.75, 3.05) is 6.26 Å². The van der Waals surface area contributed by atoms with E-state index in [9.17, 15) is 8.42 Å². The Bertz CT molecular complexity index is 649. The van der Waals surface area contributed by atoms with Gasteiger partial charge in [0.25, 0.3) is 0 Å². The summed E-state index contributed by atoms with van der Waals surface area (Å²) < 4.78 is 22.3. The van der Waals surface area contributed by atoms with Gasteiger partial charge in [-0.2, -0.15) is 0 Å². The Morgan fingerprint density at radius 1 is 1.44 bits per heavy atom. The van der Waals surface area contributed by atoms with Gasteiger partial charge in [-0.05, 0) is 13.0 Å². The van der Waals surface area contributed by atoms with Crippen LogP contribution in [0.5, 0.6) is 0 Å². The van der Waals surface area contributed by atoms with Gasteiger partial charge in [0.15, 0.2) is 9.84 Å². The Balaban J connectivity index is 2.57. The summed E-state index contributed by atoms with van der Waals surface area (Å²) >= 11 is 7.44. The van der Waals surface area contributed by atoms with Crippen molar-refractivity contribution in [3.63, 3.8) is 0 Å². The first kappa shape index (κ1) is 11.8. The molecule has 86 valence electrons. The summed E-state index contributed by atoms with van der Waals surface area (Å²) in [6, 6.07) is 1.90. The number of aryl methyl sites for hydroxylation is 1. The van der Waals surface area contributed by atoms with E-state index in [0.717, 1.165) is 21.3 Å². The molecule has 2 heterocycles. The van der Waals surface area contributed by atoms with Crippen LogP contribution in [-0.4, -0.2) is 24.6 Å². The van der Waals surface area contributed by atoms with Crippen LogP contribution < -0.4 is 0 Å². The second-order valence-corrected chi connectivity index (χ2v) is 7.31. The van der Waals surface area contributed by atoms with E-state index < -0.39 is 9.84 Å². The van der Waals surface area contributed by atoms with Gasteiger partial charge in [-0.15, -0.1) is 11.3 Å². The minimum absolute atomic E-state index is 0.181. The lowest BCUT2D eigenvalue weighted by molar-refractivity contribution is 0.600. The molecule has 0 radical (unpaired) electrons. The smallest absolute Gasteiger partial charge is 0.154 e. The molecule has 0 amide bonds. The average Bonchev–Trinajstić information content (AvgIpc) is 2.42. The fourth-order valence-corrected chi connectivity index (χ4v) is 3.14. The first-order valence-electron chi connectivity index (χ1n) is 4.45. The maximum absolute atomic E-state index is 11.1. The second kappa shape index (κ2) is 3.94. The highest BCUT2D eigenvalue weighted by molar-refractivity contribution is 7.89. The Morgan fingerprint density at radius 2 is 2.12 bits per heavy atom. The minimum atomic E-state index is -3.13. The summed E-state index contributed by atoms with van der Waals surface area (Å²) in [4.78, 5) is 9.97. The van der Waals surface area contributed by atoms with Gasteiger partial charge in [0.05, 0.1) is 0 Å². The molecule has 4 nitrogen and oxygen atoms in total. The molecule has 16 heavy (non-hydrogen) atoms. The summed E-state index contributed by atoms with van der Waals surface area (Å²) in [5.41, 5.74) is 0. The third-order valence-electron chi connectivity index (χ3n) is 1.91. The molecule has 0 fully saturated rings. The summed E-state index contributed by atoms with van der Waals surface area (Å²) in [7, 11) is -3.13. The molecule has 0 spiro atoms. The number of nitrogens with zero attached hydrogens (tertiary/aromatic N) is 2. The molecule has 0 aliphatic heterocycles. The monoisotopic (exact) mass is 276 g/mol. The van der Waals surface area contributed by atoms with Crippen molar-refractivity contribution in [1.29, 1.82) is 0 Å². The molecule has 0 aliphatic rings. The van der Waals surface area contributed by atoms with Crippen molar-refractivity contribution in [2.45, 2.75) is 12.7 Å².